The lowest BCUT2D eigenvalue weighted by Gasteiger charge is -2.12. The number of hydrogen-bond acceptors (Lipinski definition) is 5. The van der Waals surface area contributed by atoms with Crippen LogP contribution in [0.1, 0.15) is 11.4 Å². The fourth-order valence-corrected chi connectivity index (χ4v) is 2.66. The molecule has 1 heterocycles. The number of nitrogens with one attached hydrogen (secondary N) is 1. The predicted molar refractivity (Wildman–Crippen MR) is 97.2 cm³/mol. The van der Waals surface area contributed by atoms with E-state index in [1.807, 2.05) is 0 Å². The van der Waals surface area contributed by atoms with Crippen LogP contribution >= 0.6 is 0 Å². The molecule has 0 fully saturated rings. The van der Waals surface area contributed by atoms with Crippen molar-refractivity contribution in [3.05, 3.63) is 74.3 Å². The van der Waals surface area contributed by atoms with E-state index in [0.717, 1.165) is 0 Å². The third-order valence-electron chi connectivity index (χ3n) is 4.06. The Morgan fingerprint density at radius 2 is 1.96 bits per heavy atom. The molecule has 0 aliphatic carbocycles. The lowest BCUT2D eigenvalue weighted by Crippen LogP contribution is -2.30. The lowest BCUT2D eigenvalue weighted by molar-refractivity contribution is -0.384. The van der Waals surface area contributed by atoms with Gasteiger partial charge in [-0.15, -0.1) is 0 Å². The topological polar surface area (TPSA) is 107 Å². The van der Waals surface area contributed by atoms with Crippen LogP contribution in [0.2, 0.25) is 0 Å². The fourth-order valence-electron chi connectivity index (χ4n) is 2.66. The van der Waals surface area contributed by atoms with E-state index in [4.69, 9.17) is 0 Å². The SMILES string of the molecule is Cc1ccc([N+](=O)[O-])cc1NC(=O)Cn1c(C)nc2ccccc2c1=O. The van der Waals surface area contributed by atoms with Gasteiger partial charge in [0.05, 0.1) is 21.5 Å². The van der Waals surface area contributed by atoms with Crippen LogP contribution in [0.15, 0.2) is 47.3 Å². The molecular weight excluding hydrogens is 336 g/mol. The van der Waals surface area contributed by atoms with E-state index in [-0.39, 0.29) is 17.8 Å². The van der Waals surface area contributed by atoms with E-state index in [9.17, 15) is 19.7 Å². The van der Waals surface area contributed by atoms with Gasteiger partial charge in [-0.05, 0) is 31.5 Å². The Kier molecular flexibility index (Phi) is 4.49. The maximum atomic E-state index is 12.6. The largest absolute Gasteiger partial charge is 0.324 e. The summed E-state index contributed by atoms with van der Waals surface area (Å²) in [5.41, 5.74) is 1.17. The van der Waals surface area contributed by atoms with E-state index in [1.165, 1.54) is 16.7 Å². The summed E-state index contributed by atoms with van der Waals surface area (Å²) in [6.45, 7) is 3.15. The summed E-state index contributed by atoms with van der Waals surface area (Å²) in [6, 6.07) is 11.1. The normalized spacial score (nSPS) is 10.7. The molecule has 2 aromatic carbocycles. The number of amides is 1. The molecule has 1 amide bonds. The minimum Gasteiger partial charge on any atom is -0.324 e. The smallest absolute Gasteiger partial charge is 0.271 e. The third kappa shape index (κ3) is 3.30. The molecule has 0 radical (unpaired) electrons. The Bertz CT molecular complexity index is 1090. The number of nitro benzene ring substituents is 1. The van der Waals surface area contributed by atoms with Crippen molar-refractivity contribution in [3.63, 3.8) is 0 Å². The van der Waals surface area contributed by atoms with E-state index in [2.05, 4.69) is 10.3 Å². The molecule has 0 saturated carbocycles. The Balaban J connectivity index is 1.90. The highest BCUT2D eigenvalue weighted by Gasteiger charge is 2.14. The third-order valence-corrected chi connectivity index (χ3v) is 4.06. The monoisotopic (exact) mass is 352 g/mol. The van der Waals surface area contributed by atoms with Crippen molar-refractivity contribution in [2.45, 2.75) is 20.4 Å². The number of carbonyl (C=O) groups is 1. The molecular formula is C18H16N4O4. The first-order chi connectivity index (χ1) is 12.4. The van der Waals surface area contributed by atoms with Crippen molar-refractivity contribution < 1.29 is 9.72 Å². The minimum atomic E-state index is -0.531. The summed E-state index contributed by atoms with van der Waals surface area (Å²) in [7, 11) is 0. The number of hydrogen-bond donors (Lipinski definition) is 1. The van der Waals surface area contributed by atoms with Crippen molar-refractivity contribution in [1.82, 2.24) is 9.55 Å². The van der Waals surface area contributed by atoms with Crippen LogP contribution in [-0.4, -0.2) is 20.4 Å². The number of rotatable bonds is 4. The number of non-ortho nitro benzene ring substituents is 1. The van der Waals surface area contributed by atoms with Gasteiger partial charge in [0.1, 0.15) is 12.4 Å². The summed E-state index contributed by atoms with van der Waals surface area (Å²) < 4.78 is 1.28. The zero-order chi connectivity index (χ0) is 18.8. The van der Waals surface area contributed by atoms with Crippen LogP contribution in [0, 0.1) is 24.0 Å². The molecule has 1 aromatic heterocycles. The van der Waals surface area contributed by atoms with Crippen molar-refractivity contribution in [3.8, 4) is 0 Å². The highest BCUT2D eigenvalue weighted by atomic mass is 16.6. The number of aryl methyl sites for hydroxylation is 2. The number of para-hydroxylation sites is 1. The average molecular weight is 352 g/mol. The van der Waals surface area contributed by atoms with Gasteiger partial charge in [0, 0.05) is 12.1 Å². The zero-order valence-electron chi connectivity index (χ0n) is 14.2. The van der Waals surface area contributed by atoms with Crippen molar-refractivity contribution >= 4 is 28.2 Å². The Morgan fingerprint density at radius 1 is 1.23 bits per heavy atom. The zero-order valence-corrected chi connectivity index (χ0v) is 14.2. The highest BCUT2D eigenvalue weighted by molar-refractivity contribution is 5.92. The van der Waals surface area contributed by atoms with Crippen LogP contribution in [0.5, 0.6) is 0 Å². The molecule has 132 valence electrons. The molecule has 3 rings (SSSR count). The number of carbonyl (C=O) groups excluding carboxylic acids is 1. The van der Waals surface area contributed by atoms with Gasteiger partial charge in [0.2, 0.25) is 5.91 Å². The number of aromatic nitrogens is 2. The number of benzene rings is 2. The van der Waals surface area contributed by atoms with Gasteiger partial charge >= 0.3 is 0 Å². The molecule has 0 aliphatic rings. The summed E-state index contributed by atoms with van der Waals surface area (Å²) in [4.78, 5) is 39.7. The Labute approximate surface area is 148 Å². The number of fused-ring (bicyclic) bond motifs is 1. The summed E-state index contributed by atoms with van der Waals surface area (Å²) in [5, 5.41) is 13.9. The number of nitrogens with zero attached hydrogens (tertiary/aromatic N) is 3. The molecule has 8 nitrogen and oxygen atoms in total. The molecule has 0 spiro atoms. The Morgan fingerprint density at radius 3 is 2.69 bits per heavy atom. The molecule has 0 saturated heterocycles. The summed E-state index contributed by atoms with van der Waals surface area (Å²) in [6.07, 6.45) is 0. The maximum Gasteiger partial charge on any atom is 0.271 e. The Hall–Kier alpha value is -3.55. The standard InChI is InChI=1S/C18H16N4O4/c1-11-7-8-13(22(25)26)9-16(11)20-17(23)10-21-12(2)19-15-6-4-3-5-14(15)18(21)24/h3-9H,10H2,1-2H3,(H,20,23). The number of nitro groups is 1. The second-order valence-electron chi connectivity index (χ2n) is 5.87. The van der Waals surface area contributed by atoms with Crippen LogP contribution in [-0.2, 0) is 11.3 Å². The molecule has 8 heteroatoms. The lowest BCUT2D eigenvalue weighted by atomic mass is 10.2. The molecule has 0 atom stereocenters. The van der Waals surface area contributed by atoms with Crippen molar-refractivity contribution in [2.24, 2.45) is 0 Å². The first kappa shape index (κ1) is 17.3. The fraction of sp³-hybridized carbons (Fsp3) is 0.167. The molecule has 0 bridgehead atoms. The molecule has 26 heavy (non-hydrogen) atoms. The minimum absolute atomic E-state index is 0.119. The first-order valence-electron chi connectivity index (χ1n) is 7.88. The van der Waals surface area contributed by atoms with Gasteiger partial charge in [-0.2, -0.15) is 0 Å². The van der Waals surface area contributed by atoms with Crippen molar-refractivity contribution in [2.75, 3.05) is 5.32 Å². The predicted octanol–water partition coefficient (Wildman–Crippen LogP) is 2.56. The van der Waals surface area contributed by atoms with E-state index in [0.29, 0.717) is 28.0 Å². The van der Waals surface area contributed by atoms with Crippen LogP contribution in [0.4, 0.5) is 11.4 Å². The van der Waals surface area contributed by atoms with Gasteiger partial charge in [-0.25, -0.2) is 4.98 Å². The van der Waals surface area contributed by atoms with Gasteiger partial charge in [-0.1, -0.05) is 18.2 Å². The van der Waals surface area contributed by atoms with Crippen LogP contribution < -0.4 is 10.9 Å². The van der Waals surface area contributed by atoms with Crippen LogP contribution in [0.3, 0.4) is 0 Å². The highest BCUT2D eigenvalue weighted by Crippen LogP contribution is 2.21. The van der Waals surface area contributed by atoms with Gasteiger partial charge < -0.3 is 5.32 Å². The summed E-state index contributed by atoms with van der Waals surface area (Å²) >= 11 is 0. The van der Waals surface area contributed by atoms with E-state index in [1.54, 1.807) is 44.2 Å². The second kappa shape index (κ2) is 6.75. The van der Waals surface area contributed by atoms with Crippen LogP contribution in [0.25, 0.3) is 10.9 Å². The van der Waals surface area contributed by atoms with E-state index < -0.39 is 10.8 Å². The molecule has 0 unspecified atom stereocenters. The summed E-state index contributed by atoms with van der Waals surface area (Å²) in [5.74, 6) is -0.0458. The molecule has 1 N–H and O–H groups in total. The van der Waals surface area contributed by atoms with Crippen molar-refractivity contribution in [1.29, 1.82) is 0 Å². The van der Waals surface area contributed by atoms with Gasteiger partial charge in [0.15, 0.2) is 0 Å². The maximum absolute atomic E-state index is 12.6. The average Bonchev–Trinajstić information content (AvgIpc) is 2.60. The van der Waals surface area contributed by atoms with Gasteiger partial charge in [-0.3, -0.25) is 24.3 Å². The quantitative estimate of drug-likeness (QED) is 0.573. The first-order valence-corrected chi connectivity index (χ1v) is 7.88. The van der Waals surface area contributed by atoms with Gasteiger partial charge in [0.25, 0.3) is 11.2 Å². The molecule has 0 aliphatic heterocycles. The second-order valence-corrected chi connectivity index (χ2v) is 5.87. The van der Waals surface area contributed by atoms with E-state index >= 15 is 0 Å². The molecule has 3 aromatic rings. The number of anilines is 1.